The molecule has 2 N–H and O–H groups in total. The van der Waals surface area contributed by atoms with Gasteiger partial charge in [-0.25, -0.2) is 0 Å². The van der Waals surface area contributed by atoms with Crippen molar-refractivity contribution in [1.29, 1.82) is 0 Å². The molecule has 2 heterocycles. The summed E-state index contributed by atoms with van der Waals surface area (Å²) in [6.07, 6.45) is 12.4. The molecule has 102 valence electrons. The van der Waals surface area contributed by atoms with E-state index in [1.54, 1.807) is 0 Å². The first kappa shape index (κ1) is 12.9. The van der Waals surface area contributed by atoms with E-state index < -0.39 is 0 Å². The highest BCUT2D eigenvalue weighted by Gasteiger charge is 2.40. The third kappa shape index (κ3) is 2.26. The minimum atomic E-state index is -0.0748. The Kier molecular flexibility index (Phi) is 3.27. The van der Waals surface area contributed by atoms with E-state index in [0.29, 0.717) is 6.04 Å². The SMILES string of the molecule is CC12C=CC(Cl)=CC1N=CC=C2N1CCC(N)CC1. The second kappa shape index (κ2) is 4.80. The molecule has 1 aliphatic carbocycles. The van der Waals surface area contributed by atoms with Gasteiger partial charge in [-0.3, -0.25) is 4.99 Å². The number of rotatable bonds is 1. The first-order valence-electron chi connectivity index (χ1n) is 6.90. The average Bonchev–Trinajstić information content (AvgIpc) is 2.40. The number of allylic oxidation sites excluding steroid dienone is 3. The summed E-state index contributed by atoms with van der Waals surface area (Å²) in [6.45, 7) is 4.31. The molecule has 2 atom stereocenters. The number of piperidine rings is 1. The number of nitrogens with two attached hydrogens (primary N) is 1. The molecule has 3 aliphatic rings. The molecule has 0 radical (unpaired) electrons. The van der Waals surface area contributed by atoms with Crippen molar-refractivity contribution in [3.63, 3.8) is 0 Å². The van der Waals surface area contributed by atoms with Crippen LogP contribution >= 0.6 is 11.6 Å². The Morgan fingerprint density at radius 1 is 1.42 bits per heavy atom. The molecule has 0 amide bonds. The van der Waals surface area contributed by atoms with Gasteiger partial charge >= 0.3 is 0 Å². The molecule has 0 bridgehead atoms. The first-order valence-corrected chi connectivity index (χ1v) is 7.28. The first-order chi connectivity index (χ1) is 9.09. The van der Waals surface area contributed by atoms with Gasteiger partial charge in [0.25, 0.3) is 0 Å². The summed E-state index contributed by atoms with van der Waals surface area (Å²) in [6, 6.07) is 0.467. The summed E-state index contributed by atoms with van der Waals surface area (Å²) >= 11 is 6.10. The van der Waals surface area contributed by atoms with E-state index in [1.807, 2.05) is 18.4 Å². The van der Waals surface area contributed by atoms with Gasteiger partial charge in [0.2, 0.25) is 0 Å². The highest BCUT2D eigenvalue weighted by atomic mass is 35.5. The fourth-order valence-corrected chi connectivity index (χ4v) is 3.32. The Morgan fingerprint density at radius 3 is 2.89 bits per heavy atom. The third-order valence-electron chi connectivity index (χ3n) is 4.43. The third-order valence-corrected chi connectivity index (χ3v) is 4.68. The Bertz CT molecular complexity index is 484. The van der Waals surface area contributed by atoms with Crippen molar-refractivity contribution in [3.05, 3.63) is 35.0 Å². The lowest BCUT2D eigenvalue weighted by Crippen LogP contribution is -2.46. The summed E-state index contributed by atoms with van der Waals surface area (Å²) in [7, 11) is 0. The number of dihydropyridines is 1. The van der Waals surface area contributed by atoms with Gasteiger partial charge in [-0.2, -0.15) is 0 Å². The predicted octanol–water partition coefficient (Wildman–Crippen LogP) is 2.45. The fourth-order valence-electron chi connectivity index (χ4n) is 3.14. The molecule has 0 aromatic heterocycles. The molecule has 4 heteroatoms. The van der Waals surface area contributed by atoms with E-state index in [2.05, 4.69) is 29.0 Å². The molecular weight excluding hydrogens is 258 g/mol. The standard InChI is InChI=1S/C15H20ClN3/c1-15-6-2-11(16)10-13(15)18-7-3-14(15)19-8-4-12(17)5-9-19/h2-3,6-7,10,12-13H,4-5,8-9,17H2,1H3. The highest BCUT2D eigenvalue weighted by Crippen LogP contribution is 2.43. The molecule has 0 aromatic carbocycles. The number of nitrogens with zero attached hydrogens (tertiary/aromatic N) is 2. The van der Waals surface area contributed by atoms with Gasteiger partial charge in [-0.1, -0.05) is 17.7 Å². The van der Waals surface area contributed by atoms with Gasteiger partial charge < -0.3 is 10.6 Å². The molecule has 1 fully saturated rings. The Morgan fingerprint density at radius 2 is 2.16 bits per heavy atom. The second-order valence-electron chi connectivity index (χ2n) is 5.79. The van der Waals surface area contributed by atoms with Gasteiger partial charge in [-0.15, -0.1) is 0 Å². The normalized spacial score (nSPS) is 34.9. The molecule has 1 saturated heterocycles. The molecule has 2 aliphatic heterocycles. The van der Waals surface area contributed by atoms with Crippen molar-refractivity contribution in [3.8, 4) is 0 Å². The van der Waals surface area contributed by atoms with Gasteiger partial charge in [0, 0.05) is 36.1 Å². The molecule has 0 spiro atoms. The smallest absolute Gasteiger partial charge is 0.0840 e. The van der Waals surface area contributed by atoms with Crippen molar-refractivity contribution in [1.82, 2.24) is 4.90 Å². The van der Waals surface area contributed by atoms with E-state index in [1.165, 1.54) is 5.70 Å². The van der Waals surface area contributed by atoms with Gasteiger partial charge in [0.05, 0.1) is 11.5 Å². The molecule has 19 heavy (non-hydrogen) atoms. The summed E-state index contributed by atoms with van der Waals surface area (Å²) in [5, 5.41) is 0.779. The molecular formula is C15H20ClN3. The minimum absolute atomic E-state index is 0.0748. The van der Waals surface area contributed by atoms with Crippen LogP contribution in [0, 0.1) is 5.41 Å². The lowest BCUT2D eigenvalue weighted by atomic mass is 9.74. The fraction of sp³-hybridized carbons (Fsp3) is 0.533. The van der Waals surface area contributed by atoms with E-state index in [-0.39, 0.29) is 11.5 Å². The Balaban J connectivity index is 1.87. The number of halogens is 1. The number of aliphatic imine (C=N–C) groups is 1. The van der Waals surface area contributed by atoms with Crippen LogP contribution in [0.5, 0.6) is 0 Å². The van der Waals surface area contributed by atoms with Gasteiger partial charge in [0.1, 0.15) is 0 Å². The van der Waals surface area contributed by atoms with Crippen molar-refractivity contribution < 1.29 is 0 Å². The lowest BCUT2D eigenvalue weighted by molar-refractivity contribution is 0.212. The van der Waals surface area contributed by atoms with Crippen LogP contribution < -0.4 is 5.73 Å². The van der Waals surface area contributed by atoms with Crippen molar-refractivity contribution in [2.45, 2.75) is 31.8 Å². The highest BCUT2D eigenvalue weighted by molar-refractivity contribution is 6.31. The molecule has 2 unspecified atom stereocenters. The van der Waals surface area contributed by atoms with Crippen LogP contribution in [0.4, 0.5) is 0 Å². The lowest BCUT2D eigenvalue weighted by Gasteiger charge is -2.45. The maximum absolute atomic E-state index is 6.10. The van der Waals surface area contributed by atoms with Crippen molar-refractivity contribution in [2.24, 2.45) is 16.1 Å². The monoisotopic (exact) mass is 277 g/mol. The Labute approximate surface area is 119 Å². The molecule has 3 nitrogen and oxygen atoms in total. The zero-order valence-corrected chi connectivity index (χ0v) is 12.0. The van der Waals surface area contributed by atoms with Crippen LogP contribution in [0.2, 0.25) is 0 Å². The maximum Gasteiger partial charge on any atom is 0.0840 e. The summed E-state index contributed by atoms with van der Waals surface area (Å²) in [5.74, 6) is 0. The second-order valence-corrected chi connectivity index (χ2v) is 6.22. The van der Waals surface area contributed by atoms with Crippen LogP contribution in [0.15, 0.2) is 40.0 Å². The van der Waals surface area contributed by atoms with Gasteiger partial charge in [0.15, 0.2) is 0 Å². The summed E-state index contributed by atoms with van der Waals surface area (Å²) in [5.41, 5.74) is 7.26. The number of hydrogen-bond acceptors (Lipinski definition) is 3. The topological polar surface area (TPSA) is 41.6 Å². The van der Waals surface area contributed by atoms with Crippen LogP contribution in [0.1, 0.15) is 19.8 Å². The number of hydrogen-bond donors (Lipinski definition) is 1. The quantitative estimate of drug-likeness (QED) is 0.800. The van der Waals surface area contributed by atoms with E-state index in [9.17, 15) is 0 Å². The van der Waals surface area contributed by atoms with Crippen LogP contribution in [0.25, 0.3) is 0 Å². The van der Waals surface area contributed by atoms with E-state index in [4.69, 9.17) is 17.3 Å². The zero-order chi connectivity index (χ0) is 13.5. The zero-order valence-electron chi connectivity index (χ0n) is 11.2. The predicted molar refractivity (Wildman–Crippen MR) is 80.3 cm³/mol. The molecule has 3 rings (SSSR count). The maximum atomic E-state index is 6.10. The Hall–Kier alpha value is -1.06. The summed E-state index contributed by atoms with van der Waals surface area (Å²) < 4.78 is 0. The largest absolute Gasteiger partial charge is 0.374 e. The van der Waals surface area contributed by atoms with Crippen molar-refractivity contribution >= 4 is 17.8 Å². The van der Waals surface area contributed by atoms with Crippen molar-refractivity contribution in [2.75, 3.05) is 13.1 Å². The number of fused-ring (bicyclic) bond motifs is 1. The van der Waals surface area contributed by atoms with E-state index in [0.717, 1.165) is 31.0 Å². The average molecular weight is 278 g/mol. The molecule has 0 saturated carbocycles. The summed E-state index contributed by atoms with van der Waals surface area (Å²) in [4.78, 5) is 7.03. The van der Waals surface area contributed by atoms with Gasteiger partial charge in [-0.05, 0) is 38.0 Å². The van der Waals surface area contributed by atoms with Crippen LogP contribution in [0.3, 0.4) is 0 Å². The molecule has 0 aromatic rings. The minimum Gasteiger partial charge on any atom is -0.374 e. The number of likely N-dealkylation sites (tertiary alicyclic amines) is 1. The van der Waals surface area contributed by atoms with E-state index >= 15 is 0 Å². The van der Waals surface area contributed by atoms with Crippen LogP contribution in [-0.2, 0) is 0 Å². The van der Waals surface area contributed by atoms with Crippen LogP contribution in [-0.4, -0.2) is 36.3 Å².